The molecule has 0 saturated heterocycles. The topological polar surface area (TPSA) is 49.3 Å². The summed E-state index contributed by atoms with van der Waals surface area (Å²) in [5.41, 5.74) is 0. The number of rotatable bonds is 5. The fourth-order valence-corrected chi connectivity index (χ4v) is 1.06. The molecule has 2 N–H and O–H groups in total. The van der Waals surface area contributed by atoms with Gasteiger partial charge in [0, 0.05) is 12.6 Å². The normalized spacial score (nSPS) is 12.2. The third kappa shape index (κ3) is 5.26. The molecule has 1 atom stereocenters. The first kappa shape index (κ1) is 12.0. The molecule has 0 heterocycles. The van der Waals surface area contributed by atoms with Gasteiger partial charge in [-0.2, -0.15) is 0 Å². The summed E-state index contributed by atoms with van der Waals surface area (Å²) in [5, 5.41) is 11.5. The maximum Gasteiger partial charge on any atom is 0.232 e. The molecule has 0 aromatic heterocycles. The number of terminal acetylenes is 1. The molecule has 1 amide bonds. The summed E-state index contributed by atoms with van der Waals surface area (Å²) >= 11 is 0. The molecule has 74 valence electrons. The van der Waals surface area contributed by atoms with E-state index < -0.39 is 0 Å². The van der Waals surface area contributed by atoms with Crippen LogP contribution in [0.1, 0.15) is 26.7 Å². The van der Waals surface area contributed by atoms with E-state index in [1.807, 2.05) is 13.8 Å². The molecule has 0 aromatic carbocycles. The summed E-state index contributed by atoms with van der Waals surface area (Å²) in [6.45, 7) is 4.08. The van der Waals surface area contributed by atoms with Gasteiger partial charge >= 0.3 is 0 Å². The van der Waals surface area contributed by atoms with Crippen molar-refractivity contribution in [3.8, 4) is 12.3 Å². The number of amides is 1. The summed E-state index contributed by atoms with van der Waals surface area (Å²) in [6.07, 6.45) is 5.68. The molecule has 0 aromatic rings. The lowest BCUT2D eigenvalue weighted by atomic mass is 10.0. The summed E-state index contributed by atoms with van der Waals surface area (Å²) in [4.78, 5) is 11.1. The highest BCUT2D eigenvalue weighted by atomic mass is 16.3. The third-order valence-electron chi connectivity index (χ3n) is 1.85. The lowest BCUT2D eigenvalue weighted by Gasteiger charge is -2.20. The zero-order valence-corrected chi connectivity index (χ0v) is 8.21. The second-order valence-corrected chi connectivity index (χ2v) is 3.31. The van der Waals surface area contributed by atoms with Crippen molar-refractivity contribution in [1.82, 2.24) is 5.32 Å². The summed E-state index contributed by atoms with van der Waals surface area (Å²) in [6, 6.07) is 0.0193. The Morgan fingerprint density at radius 3 is 2.62 bits per heavy atom. The van der Waals surface area contributed by atoms with Crippen LogP contribution in [0.25, 0.3) is 0 Å². The van der Waals surface area contributed by atoms with Gasteiger partial charge in [0.1, 0.15) is 0 Å². The fourth-order valence-electron chi connectivity index (χ4n) is 1.06. The Kier molecular flexibility index (Phi) is 5.99. The zero-order valence-electron chi connectivity index (χ0n) is 8.21. The van der Waals surface area contributed by atoms with Crippen LogP contribution in [0.3, 0.4) is 0 Å². The number of aliphatic hydroxyl groups is 1. The van der Waals surface area contributed by atoms with Gasteiger partial charge in [0.2, 0.25) is 5.91 Å². The highest BCUT2D eigenvalue weighted by molar-refractivity contribution is 5.78. The van der Waals surface area contributed by atoms with Crippen molar-refractivity contribution in [1.29, 1.82) is 0 Å². The van der Waals surface area contributed by atoms with Gasteiger partial charge in [0.25, 0.3) is 0 Å². The Hall–Kier alpha value is -1.01. The Balaban J connectivity index is 3.95. The quantitative estimate of drug-likeness (QED) is 0.611. The highest BCUT2D eigenvalue weighted by Crippen LogP contribution is 2.05. The second-order valence-electron chi connectivity index (χ2n) is 3.31. The molecule has 0 bridgehead atoms. The molecule has 0 saturated carbocycles. The number of hydrogen-bond acceptors (Lipinski definition) is 2. The van der Waals surface area contributed by atoms with Gasteiger partial charge < -0.3 is 10.4 Å². The van der Waals surface area contributed by atoms with Crippen molar-refractivity contribution in [2.24, 2.45) is 5.92 Å². The van der Waals surface area contributed by atoms with E-state index in [1.54, 1.807) is 0 Å². The van der Waals surface area contributed by atoms with Crippen LogP contribution >= 0.6 is 0 Å². The largest absolute Gasteiger partial charge is 0.396 e. The molecule has 0 fully saturated rings. The molecule has 0 aliphatic carbocycles. The molecule has 0 aliphatic rings. The van der Waals surface area contributed by atoms with Crippen LogP contribution in [0.15, 0.2) is 0 Å². The predicted octanol–water partition coefficient (Wildman–Crippen LogP) is 0.533. The van der Waals surface area contributed by atoms with Gasteiger partial charge in [-0.3, -0.25) is 4.79 Å². The number of carbonyl (C=O) groups excluding carboxylic acids is 1. The maximum atomic E-state index is 11.1. The third-order valence-corrected chi connectivity index (χ3v) is 1.85. The van der Waals surface area contributed by atoms with E-state index in [9.17, 15) is 4.79 Å². The van der Waals surface area contributed by atoms with Crippen LogP contribution in [0.2, 0.25) is 0 Å². The molecule has 3 heteroatoms. The molecular weight excluding hydrogens is 166 g/mol. The Labute approximate surface area is 79.5 Å². The average Bonchev–Trinajstić information content (AvgIpc) is 2.04. The van der Waals surface area contributed by atoms with Gasteiger partial charge in [0.15, 0.2) is 0 Å². The zero-order chi connectivity index (χ0) is 10.3. The SMILES string of the molecule is C#CCC(=O)NC(CCO)C(C)C. The van der Waals surface area contributed by atoms with E-state index in [1.165, 1.54) is 0 Å². The van der Waals surface area contributed by atoms with Crippen LogP contribution in [-0.2, 0) is 4.79 Å². The molecule has 13 heavy (non-hydrogen) atoms. The minimum Gasteiger partial charge on any atom is -0.396 e. The Morgan fingerprint density at radius 1 is 1.62 bits per heavy atom. The van der Waals surface area contributed by atoms with Crippen molar-refractivity contribution in [2.75, 3.05) is 6.61 Å². The summed E-state index contributed by atoms with van der Waals surface area (Å²) in [5.74, 6) is 2.45. The standard InChI is InChI=1S/C10H17NO2/c1-4-5-10(13)11-9(6-7-12)8(2)3/h1,8-9,12H,5-7H2,2-3H3,(H,11,13). The molecule has 0 radical (unpaired) electrons. The summed E-state index contributed by atoms with van der Waals surface area (Å²) < 4.78 is 0. The predicted molar refractivity (Wildman–Crippen MR) is 51.9 cm³/mol. The lowest BCUT2D eigenvalue weighted by molar-refractivity contribution is -0.121. The first-order chi connectivity index (χ1) is 6.11. The highest BCUT2D eigenvalue weighted by Gasteiger charge is 2.14. The number of carbonyl (C=O) groups is 1. The van der Waals surface area contributed by atoms with Crippen molar-refractivity contribution < 1.29 is 9.90 Å². The average molecular weight is 183 g/mol. The molecule has 3 nitrogen and oxygen atoms in total. The van der Waals surface area contributed by atoms with Crippen LogP contribution < -0.4 is 5.32 Å². The van der Waals surface area contributed by atoms with Crippen molar-refractivity contribution >= 4 is 5.91 Å². The van der Waals surface area contributed by atoms with Gasteiger partial charge in [-0.15, -0.1) is 6.42 Å². The van der Waals surface area contributed by atoms with E-state index in [2.05, 4.69) is 11.2 Å². The number of nitrogens with one attached hydrogen (secondary N) is 1. The van der Waals surface area contributed by atoms with Crippen LogP contribution in [-0.4, -0.2) is 23.7 Å². The van der Waals surface area contributed by atoms with Gasteiger partial charge in [-0.25, -0.2) is 0 Å². The number of aliphatic hydroxyl groups excluding tert-OH is 1. The van der Waals surface area contributed by atoms with Gasteiger partial charge in [0.05, 0.1) is 6.42 Å². The maximum absolute atomic E-state index is 11.1. The Morgan fingerprint density at radius 2 is 2.23 bits per heavy atom. The van der Waals surface area contributed by atoms with Crippen LogP contribution in [0, 0.1) is 18.3 Å². The minimum atomic E-state index is -0.144. The van der Waals surface area contributed by atoms with Gasteiger partial charge in [-0.05, 0) is 12.3 Å². The monoisotopic (exact) mass is 183 g/mol. The smallest absolute Gasteiger partial charge is 0.232 e. The van der Waals surface area contributed by atoms with Crippen LogP contribution in [0.5, 0.6) is 0 Å². The van der Waals surface area contributed by atoms with Crippen molar-refractivity contribution in [3.63, 3.8) is 0 Å². The van der Waals surface area contributed by atoms with E-state index in [0.717, 1.165) is 0 Å². The lowest BCUT2D eigenvalue weighted by Crippen LogP contribution is -2.38. The van der Waals surface area contributed by atoms with Crippen molar-refractivity contribution in [3.05, 3.63) is 0 Å². The van der Waals surface area contributed by atoms with E-state index in [0.29, 0.717) is 12.3 Å². The van der Waals surface area contributed by atoms with E-state index in [-0.39, 0.29) is 25.0 Å². The first-order valence-corrected chi connectivity index (χ1v) is 4.45. The fraction of sp³-hybridized carbons (Fsp3) is 0.700. The van der Waals surface area contributed by atoms with Gasteiger partial charge in [-0.1, -0.05) is 19.8 Å². The number of hydrogen-bond donors (Lipinski definition) is 2. The summed E-state index contributed by atoms with van der Waals surface area (Å²) in [7, 11) is 0. The second kappa shape index (κ2) is 6.50. The first-order valence-electron chi connectivity index (χ1n) is 4.45. The van der Waals surface area contributed by atoms with Crippen LogP contribution in [0.4, 0.5) is 0 Å². The van der Waals surface area contributed by atoms with E-state index in [4.69, 9.17) is 11.5 Å². The van der Waals surface area contributed by atoms with Crippen molar-refractivity contribution in [2.45, 2.75) is 32.7 Å². The molecule has 0 spiro atoms. The molecule has 0 aliphatic heterocycles. The van der Waals surface area contributed by atoms with E-state index >= 15 is 0 Å². The minimum absolute atomic E-state index is 0.0193. The molecular formula is C10H17NO2. The Bertz CT molecular complexity index is 194. The molecule has 1 unspecified atom stereocenters. The molecule has 0 rings (SSSR count).